The summed E-state index contributed by atoms with van der Waals surface area (Å²) in [7, 11) is 0. The van der Waals surface area contributed by atoms with E-state index in [0.717, 1.165) is 37.4 Å². The predicted octanol–water partition coefficient (Wildman–Crippen LogP) is 1.95. The van der Waals surface area contributed by atoms with E-state index in [-0.39, 0.29) is 30.2 Å². The second-order valence-electron chi connectivity index (χ2n) is 7.77. The van der Waals surface area contributed by atoms with Crippen molar-refractivity contribution in [3.05, 3.63) is 54.4 Å². The number of hydrogen-bond acceptors (Lipinski definition) is 5. The summed E-state index contributed by atoms with van der Waals surface area (Å²) in [6.07, 6.45) is 5.40. The second kappa shape index (κ2) is 10.0. The molecule has 1 fully saturated rings. The average Bonchev–Trinajstić information content (AvgIpc) is 2.73. The van der Waals surface area contributed by atoms with Crippen molar-refractivity contribution < 1.29 is 9.59 Å². The lowest BCUT2D eigenvalue weighted by Gasteiger charge is -2.33. The van der Waals surface area contributed by atoms with Crippen LogP contribution < -0.4 is 15.5 Å². The van der Waals surface area contributed by atoms with E-state index in [2.05, 4.69) is 25.5 Å². The van der Waals surface area contributed by atoms with Crippen molar-refractivity contribution in [3.8, 4) is 0 Å². The molecular formula is C22H29N5O2. The number of piperidine rings is 1. The van der Waals surface area contributed by atoms with Crippen LogP contribution in [0.1, 0.15) is 32.3 Å². The largest absolute Gasteiger partial charge is 0.351 e. The fraction of sp³-hybridized carbons (Fsp3) is 0.455. The van der Waals surface area contributed by atoms with Crippen LogP contribution in [0, 0.1) is 5.92 Å². The van der Waals surface area contributed by atoms with Crippen molar-refractivity contribution in [3.63, 3.8) is 0 Å². The van der Waals surface area contributed by atoms with Gasteiger partial charge in [-0.3, -0.25) is 9.59 Å². The average molecular weight is 396 g/mol. The Bertz CT molecular complexity index is 789. The third kappa shape index (κ3) is 6.01. The van der Waals surface area contributed by atoms with Gasteiger partial charge in [0.05, 0.1) is 6.42 Å². The Morgan fingerprint density at radius 1 is 1.07 bits per heavy atom. The van der Waals surface area contributed by atoms with Crippen LogP contribution in [0.3, 0.4) is 0 Å². The molecule has 7 heteroatoms. The van der Waals surface area contributed by atoms with Crippen LogP contribution in [0.15, 0.2) is 48.8 Å². The number of nitrogens with one attached hydrogen (secondary N) is 2. The number of carbonyl (C=O) groups excluding carboxylic acids is 2. The zero-order valence-corrected chi connectivity index (χ0v) is 17.0. The van der Waals surface area contributed by atoms with Crippen LogP contribution in [0.4, 0.5) is 5.95 Å². The van der Waals surface area contributed by atoms with E-state index in [1.54, 1.807) is 18.5 Å². The van der Waals surface area contributed by atoms with Crippen molar-refractivity contribution in [1.29, 1.82) is 0 Å². The van der Waals surface area contributed by atoms with Crippen molar-refractivity contribution in [2.24, 2.45) is 5.92 Å². The van der Waals surface area contributed by atoms with E-state index >= 15 is 0 Å². The summed E-state index contributed by atoms with van der Waals surface area (Å²) >= 11 is 0. The second-order valence-corrected chi connectivity index (χ2v) is 7.77. The Morgan fingerprint density at radius 3 is 2.34 bits per heavy atom. The van der Waals surface area contributed by atoms with Crippen molar-refractivity contribution in [1.82, 2.24) is 20.6 Å². The fourth-order valence-electron chi connectivity index (χ4n) is 3.51. The van der Waals surface area contributed by atoms with E-state index in [1.807, 2.05) is 44.2 Å². The Kier molecular flexibility index (Phi) is 7.16. The monoisotopic (exact) mass is 395 g/mol. The molecule has 1 atom stereocenters. The van der Waals surface area contributed by atoms with Gasteiger partial charge in [-0.1, -0.05) is 44.2 Å². The smallest absolute Gasteiger partial charge is 0.243 e. The minimum Gasteiger partial charge on any atom is -0.351 e. The van der Waals surface area contributed by atoms with Crippen molar-refractivity contribution >= 4 is 17.8 Å². The van der Waals surface area contributed by atoms with E-state index in [9.17, 15) is 9.59 Å². The first-order chi connectivity index (χ1) is 14.0. The van der Waals surface area contributed by atoms with Crippen LogP contribution in [0.25, 0.3) is 0 Å². The molecule has 0 radical (unpaired) electrons. The normalized spacial score (nSPS) is 15.8. The van der Waals surface area contributed by atoms with Gasteiger partial charge in [0.25, 0.3) is 0 Å². The molecule has 1 aromatic carbocycles. The zero-order chi connectivity index (χ0) is 20.6. The maximum absolute atomic E-state index is 12.8. The van der Waals surface area contributed by atoms with E-state index in [0.29, 0.717) is 0 Å². The molecule has 0 aliphatic carbocycles. The summed E-state index contributed by atoms with van der Waals surface area (Å²) in [5.41, 5.74) is 0.934. The molecule has 1 aliphatic heterocycles. The molecule has 7 nitrogen and oxygen atoms in total. The minimum absolute atomic E-state index is 0.00697. The third-order valence-corrected chi connectivity index (χ3v) is 5.15. The van der Waals surface area contributed by atoms with Crippen LogP contribution in [-0.4, -0.2) is 47.0 Å². The SMILES string of the molecule is CC(C)C(NC(=O)Cc1ccccc1)C(=O)NC1CCN(c2ncccn2)CC1. The highest BCUT2D eigenvalue weighted by Crippen LogP contribution is 2.16. The van der Waals surface area contributed by atoms with Gasteiger partial charge >= 0.3 is 0 Å². The van der Waals surface area contributed by atoms with E-state index in [4.69, 9.17) is 0 Å². The Morgan fingerprint density at radius 2 is 1.72 bits per heavy atom. The number of rotatable bonds is 7. The summed E-state index contributed by atoms with van der Waals surface area (Å²) in [5.74, 6) is 0.481. The lowest BCUT2D eigenvalue weighted by atomic mass is 10.00. The van der Waals surface area contributed by atoms with Crippen LogP contribution >= 0.6 is 0 Å². The molecule has 1 unspecified atom stereocenters. The molecule has 2 N–H and O–H groups in total. The molecule has 1 aromatic heterocycles. The van der Waals surface area contributed by atoms with E-state index < -0.39 is 6.04 Å². The Labute approximate surface area is 171 Å². The number of anilines is 1. The van der Waals surface area contributed by atoms with Crippen molar-refractivity contribution in [2.75, 3.05) is 18.0 Å². The molecule has 1 aliphatic rings. The first-order valence-electron chi connectivity index (χ1n) is 10.2. The van der Waals surface area contributed by atoms with Gasteiger partial charge in [0.15, 0.2) is 0 Å². The Hall–Kier alpha value is -2.96. The predicted molar refractivity (Wildman–Crippen MR) is 112 cm³/mol. The Balaban J connectivity index is 1.50. The molecule has 3 rings (SSSR count). The van der Waals surface area contributed by atoms with Gasteiger partial charge in [-0.25, -0.2) is 9.97 Å². The number of benzene rings is 1. The first-order valence-corrected chi connectivity index (χ1v) is 10.2. The number of amides is 2. The molecule has 0 spiro atoms. The summed E-state index contributed by atoms with van der Waals surface area (Å²) in [4.78, 5) is 35.9. The van der Waals surface area contributed by atoms with Gasteiger partial charge in [0.2, 0.25) is 17.8 Å². The topological polar surface area (TPSA) is 87.2 Å². The highest BCUT2D eigenvalue weighted by Gasteiger charge is 2.28. The van der Waals surface area contributed by atoms with Crippen molar-refractivity contribution in [2.45, 2.75) is 45.2 Å². The molecule has 154 valence electrons. The number of carbonyl (C=O) groups is 2. The molecular weight excluding hydrogens is 366 g/mol. The highest BCUT2D eigenvalue weighted by molar-refractivity contribution is 5.88. The molecule has 0 bridgehead atoms. The molecule has 2 amide bonds. The van der Waals surface area contributed by atoms with E-state index in [1.165, 1.54) is 0 Å². The standard InChI is InChI=1S/C22H29N5O2/c1-16(2)20(26-19(28)15-17-7-4-3-5-8-17)21(29)25-18-9-13-27(14-10-18)22-23-11-6-12-24-22/h3-8,11-12,16,18,20H,9-10,13-15H2,1-2H3,(H,25,29)(H,26,28). The lowest BCUT2D eigenvalue weighted by Crippen LogP contribution is -2.54. The quantitative estimate of drug-likeness (QED) is 0.748. The zero-order valence-electron chi connectivity index (χ0n) is 17.0. The summed E-state index contributed by atoms with van der Waals surface area (Å²) < 4.78 is 0. The minimum atomic E-state index is -0.540. The number of aromatic nitrogens is 2. The fourth-order valence-corrected chi connectivity index (χ4v) is 3.51. The van der Waals surface area contributed by atoms with Gasteiger partial charge in [0, 0.05) is 31.5 Å². The van der Waals surface area contributed by atoms with Gasteiger partial charge < -0.3 is 15.5 Å². The maximum atomic E-state index is 12.8. The highest BCUT2D eigenvalue weighted by atomic mass is 16.2. The molecule has 2 heterocycles. The molecule has 1 saturated heterocycles. The first kappa shape index (κ1) is 20.8. The van der Waals surface area contributed by atoms with Gasteiger partial charge in [0.1, 0.15) is 6.04 Å². The summed E-state index contributed by atoms with van der Waals surface area (Å²) in [6.45, 7) is 5.48. The maximum Gasteiger partial charge on any atom is 0.243 e. The summed E-state index contributed by atoms with van der Waals surface area (Å²) in [6, 6.07) is 10.9. The lowest BCUT2D eigenvalue weighted by molar-refractivity contribution is -0.130. The van der Waals surface area contributed by atoms with Crippen LogP contribution in [-0.2, 0) is 16.0 Å². The summed E-state index contributed by atoms with van der Waals surface area (Å²) in [5, 5.41) is 6.03. The van der Waals surface area contributed by atoms with Crippen LogP contribution in [0.2, 0.25) is 0 Å². The number of hydrogen-bond donors (Lipinski definition) is 2. The van der Waals surface area contributed by atoms with Gasteiger partial charge in [-0.15, -0.1) is 0 Å². The third-order valence-electron chi connectivity index (χ3n) is 5.15. The number of nitrogens with zero attached hydrogens (tertiary/aromatic N) is 3. The molecule has 0 saturated carbocycles. The van der Waals surface area contributed by atoms with Crippen LogP contribution in [0.5, 0.6) is 0 Å². The van der Waals surface area contributed by atoms with Gasteiger partial charge in [-0.2, -0.15) is 0 Å². The molecule has 29 heavy (non-hydrogen) atoms. The molecule has 2 aromatic rings. The van der Waals surface area contributed by atoms with Gasteiger partial charge in [-0.05, 0) is 30.4 Å².